The van der Waals surface area contributed by atoms with Gasteiger partial charge in [0, 0.05) is 12.3 Å². The van der Waals surface area contributed by atoms with Gasteiger partial charge < -0.3 is 11.1 Å². The Morgan fingerprint density at radius 1 is 1.50 bits per heavy atom. The lowest BCUT2D eigenvalue weighted by molar-refractivity contribution is -0.114. The van der Waals surface area contributed by atoms with Gasteiger partial charge in [-0.15, -0.1) is 11.3 Å². The normalized spacial score (nSPS) is 10.4. The Hall–Kier alpha value is -1.47. The van der Waals surface area contributed by atoms with Gasteiger partial charge in [0.05, 0.1) is 16.3 Å². The molecule has 3 N–H and O–H groups in total. The van der Waals surface area contributed by atoms with Crippen molar-refractivity contribution in [1.29, 1.82) is 0 Å². The van der Waals surface area contributed by atoms with Gasteiger partial charge in [0.15, 0.2) is 10.3 Å². The molecule has 2 aromatic rings. The Morgan fingerprint density at radius 2 is 2.25 bits per heavy atom. The second-order valence-electron chi connectivity index (χ2n) is 3.19. The fourth-order valence-corrected chi connectivity index (χ4v) is 2.86. The van der Waals surface area contributed by atoms with Crippen LogP contribution in [0.2, 0.25) is 0 Å². The number of anilines is 2. The summed E-state index contributed by atoms with van der Waals surface area (Å²) in [5.74, 6) is -0.124. The third-order valence-electron chi connectivity index (χ3n) is 1.83. The minimum absolute atomic E-state index is 0.124. The van der Waals surface area contributed by atoms with E-state index in [4.69, 9.17) is 5.73 Å². The van der Waals surface area contributed by atoms with Gasteiger partial charge in [0.1, 0.15) is 0 Å². The lowest BCUT2D eigenvalue weighted by Crippen LogP contribution is -2.04. The SMILES string of the molecule is CC(=O)Nc1nc(-c2sc(N)nc2C)cs1. The van der Waals surface area contributed by atoms with Crippen LogP contribution < -0.4 is 11.1 Å². The number of nitrogens with two attached hydrogens (primary N) is 1. The highest BCUT2D eigenvalue weighted by atomic mass is 32.1. The molecular weight excluding hydrogens is 244 g/mol. The first-order chi connectivity index (χ1) is 7.56. The first-order valence-electron chi connectivity index (χ1n) is 4.52. The van der Waals surface area contributed by atoms with Crippen LogP contribution in [-0.2, 0) is 4.79 Å². The van der Waals surface area contributed by atoms with E-state index in [0.29, 0.717) is 10.3 Å². The molecule has 0 bridgehead atoms. The van der Waals surface area contributed by atoms with Crippen molar-refractivity contribution < 1.29 is 4.79 Å². The molecule has 0 aromatic carbocycles. The number of carbonyl (C=O) groups excluding carboxylic acids is 1. The lowest BCUT2D eigenvalue weighted by Gasteiger charge is -1.93. The van der Waals surface area contributed by atoms with E-state index in [1.54, 1.807) is 0 Å². The summed E-state index contributed by atoms with van der Waals surface area (Å²) < 4.78 is 0. The highest BCUT2D eigenvalue weighted by Gasteiger charge is 2.12. The molecule has 0 saturated carbocycles. The number of rotatable bonds is 2. The third kappa shape index (κ3) is 2.20. The van der Waals surface area contributed by atoms with E-state index < -0.39 is 0 Å². The Balaban J connectivity index is 2.31. The number of nitrogens with zero attached hydrogens (tertiary/aromatic N) is 2. The van der Waals surface area contributed by atoms with Crippen molar-refractivity contribution in [2.24, 2.45) is 0 Å². The van der Waals surface area contributed by atoms with Gasteiger partial charge in [-0.2, -0.15) is 0 Å². The van der Waals surface area contributed by atoms with Crippen LogP contribution in [0.5, 0.6) is 0 Å². The van der Waals surface area contributed by atoms with Crippen molar-refractivity contribution in [3.8, 4) is 10.6 Å². The van der Waals surface area contributed by atoms with Crippen LogP contribution >= 0.6 is 22.7 Å². The molecule has 2 aromatic heterocycles. The van der Waals surface area contributed by atoms with E-state index in [2.05, 4.69) is 15.3 Å². The second-order valence-corrected chi connectivity index (χ2v) is 5.07. The number of thiazole rings is 2. The molecule has 84 valence electrons. The van der Waals surface area contributed by atoms with Crippen molar-refractivity contribution >= 4 is 38.8 Å². The highest BCUT2D eigenvalue weighted by molar-refractivity contribution is 7.19. The first-order valence-corrected chi connectivity index (χ1v) is 6.22. The van der Waals surface area contributed by atoms with Crippen LogP contribution in [0.3, 0.4) is 0 Å². The van der Waals surface area contributed by atoms with E-state index in [9.17, 15) is 4.79 Å². The van der Waals surface area contributed by atoms with Gasteiger partial charge in [-0.1, -0.05) is 11.3 Å². The highest BCUT2D eigenvalue weighted by Crippen LogP contribution is 2.33. The molecule has 0 radical (unpaired) electrons. The van der Waals surface area contributed by atoms with Crippen LogP contribution in [-0.4, -0.2) is 15.9 Å². The summed E-state index contributed by atoms with van der Waals surface area (Å²) in [5, 5.41) is 5.64. The van der Waals surface area contributed by atoms with E-state index in [1.807, 2.05) is 12.3 Å². The zero-order valence-corrected chi connectivity index (χ0v) is 10.4. The maximum atomic E-state index is 10.9. The van der Waals surface area contributed by atoms with Crippen LogP contribution in [0.15, 0.2) is 5.38 Å². The Kier molecular flexibility index (Phi) is 2.88. The average Bonchev–Trinajstić information content (AvgIpc) is 2.72. The van der Waals surface area contributed by atoms with Crippen molar-refractivity contribution in [1.82, 2.24) is 9.97 Å². The standard InChI is InChI=1S/C9H10N4OS2/c1-4-7(16-8(10)11-4)6-3-15-9(13-6)12-5(2)14/h3H,1-2H3,(H2,10,11)(H,12,13,14). The maximum absolute atomic E-state index is 10.9. The fourth-order valence-electron chi connectivity index (χ4n) is 1.24. The molecule has 2 rings (SSSR count). The number of nitrogen functional groups attached to an aromatic ring is 1. The molecule has 2 heterocycles. The molecule has 16 heavy (non-hydrogen) atoms. The predicted molar refractivity (Wildman–Crippen MR) is 66.7 cm³/mol. The Morgan fingerprint density at radius 3 is 2.81 bits per heavy atom. The topological polar surface area (TPSA) is 80.9 Å². The van der Waals surface area contributed by atoms with Gasteiger partial charge in [-0.25, -0.2) is 9.97 Å². The monoisotopic (exact) mass is 254 g/mol. The molecule has 0 aliphatic carbocycles. The molecule has 0 aliphatic rings. The molecule has 1 amide bonds. The van der Waals surface area contributed by atoms with Crippen LogP contribution in [0.4, 0.5) is 10.3 Å². The molecule has 0 unspecified atom stereocenters. The molecule has 0 fully saturated rings. The van der Waals surface area contributed by atoms with Crippen molar-refractivity contribution in [2.45, 2.75) is 13.8 Å². The number of hydrogen-bond acceptors (Lipinski definition) is 6. The number of amides is 1. The van der Waals surface area contributed by atoms with Crippen LogP contribution in [0.25, 0.3) is 10.6 Å². The van der Waals surface area contributed by atoms with Gasteiger partial charge in [-0.05, 0) is 6.92 Å². The fraction of sp³-hybridized carbons (Fsp3) is 0.222. The molecule has 0 saturated heterocycles. The predicted octanol–water partition coefficient (Wildman–Crippen LogP) is 2.12. The molecule has 0 atom stereocenters. The maximum Gasteiger partial charge on any atom is 0.223 e. The van der Waals surface area contributed by atoms with Crippen molar-refractivity contribution in [3.05, 3.63) is 11.1 Å². The van der Waals surface area contributed by atoms with E-state index in [1.165, 1.54) is 29.6 Å². The lowest BCUT2D eigenvalue weighted by atomic mass is 10.3. The summed E-state index contributed by atoms with van der Waals surface area (Å²) in [6, 6.07) is 0. The summed E-state index contributed by atoms with van der Waals surface area (Å²) in [5.41, 5.74) is 7.29. The first kappa shape index (κ1) is 11.0. The number of aryl methyl sites for hydroxylation is 1. The van der Waals surface area contributed by atoms with E-state index in [0.717, 1.165) is 16.3 Å². The summed E-state index contributed by atoms with van der Waals surface area (Å²) >= 11 is 2.78. The molecule has 0 aliphatic heterocycles. The summed E-state index contributed by atoms with van der Waals surface area (Å²) in [4.78, 5) is 20.2. The molecule has 7 heteroatoms. The van der Waals surface area contributed by atoms with Crippen molar-refractivity contribution in [3.63, 3.8) is 0 Å². The minimum Gasteiger partial charge on any atom is -0.375 e. The third-order valence-corrected chi connectivity index (χ3v) is 3.60. The van der Waals surface area contributed by atoms with E-state index >= 15 is 0 Å². The smallest absolute Gasteiger partial charge is 0.223 e. The zero-order chi connectivity index (χ0) is 11.7. The number of hydrogen-bond donors (Lipinski definition) is 2. The summed E-state index contributed by atoms with van der Waals surface area (Å²) in [7, 11) is 0. The van der Waals surface area contributed by atoms with E-state index in [-0.39, 0.29) is 5.91 Å². The van der Waals surface area contributed by atoms with Crippen LogP contribution in [0.1, 0.15) is 12.6 Å². The average molecular weight is 254 g/mol. The largest absolute Gasteiger partial charge is 0.375 e. The summed E-state index contributed by atoms with van der Waals surface area (Å²) in [6.07, 6.45) is 0. The van der Waals surface area contributed by atoms with Gasteiger partial charge in [-0.3, -0.25) is 4.79 Å². The van der Waals surface area contributed by atoms with Crippen molar-refractivity contribution in [2.75, 3.05) is 11.1 Å². The molecule has 0 spiro atoms. The number of carbonyl (C=O) groups is 1. The minimum atomic E-state index is -0.124. The van der Waals surface area contributed by atoms with Gasteiger partial charge >= 0.3 is 0 Å². The zero-order valence-electron chi connectivity index (χ0n) is 8.77. The molecular formula is C9H10N4OS2. The number of aromatic nitrogens is 2. The van der Waals surface area contributed by atoms with Crippen LogP contribution in [0, 0.1) is 6.92 Å². The quantitative estimate of drug-likeness (QED) is 0.860. The second kappa shape index (κ2) is 4.18. The Labute approximate surface area is 100 Å². The van der Waals surface area contributed by atoms with Gasteiger partial charge in [0.2, 0.25) is 5.91 Å². The molecule has 5 nitrogen and oxygen atoms in total. The number of nitrogens with one attached hydrogen (secondary N) is 1. The van der Waals surface area contributed by atoms with Gasteiger partial charge in [0.25, 0.3) is 0 Å². The Bertz CT molecular complexity index is 531. The summed E-state index contributed by atoms with van der Waals surface area (Å²) in [6.45, 7) is 3.34.